The van der Waals surface area contributed by atoms with Gasteiger partial charge in [0.1, 0.15) is 12.4 Å². The molecule has 1 N–H and O–H groups in total. The van der Waals surface area contributed by atoms with Crippen molar-refractivity contribution in [2.75, 3.05) is 44.2 Å². The Bertz CT molecular complexity index is 1020. The van der Waals surface area contributed by atoms with Crippen molar-refractivity contribution in [2.45, 2.75) is 38.2 Å². The highest BCUT2D eigenvalue weighted by Gasteiger charge is 2.20. The van der Waals surface area contributed by atoms with Crippen molar-refractivity contribution in [3.63, 3.8) is 0 Å². The van der Waals surface area contributed by atoms with E-state index in [1.165, 1.54) is 53.5 Å². The van der Waals surface area contributed by atoms with Crippen LogP contribution in [-0.2, 0) is 6.42 Å². The predicted molar refractivity (Wildman–Crippen MR) is 132 cm³/mol. The van der Waals surface area contributed by atoms with Crippen LogP contribution in [0.25, 0.3) is 10.8 Å². The second kappa shape index (κ2) is 9.93. The third kappa shape index (κ3) is 4.92. The van der Waals surface area contributed by atoms with Crippen molar-refractivity contribution in [3.05, 3.63) is 71.8 Å². The average molecular weight is 431 g/mol. The molecule has 0 bridgehead atoms. The summed E-state index contributed by atoms with van der Waals surface area (Å²) in [6, 6.07) is 21.8. The molecule has 32 heavy (non-hydrogen) atoms. The molecule has 3 aromatic rings. The summed E-state index contributed by atoms with van der Waals surface area (Å²) < 4.78 is 6.00. The van der Waals surface area contributed by atoms with E-state index >= 15 is 0 Å². The summed E-state index contributed by atoms with van der Waals surface area (Å²) in [5, 5.41) is 12.6. The minimum absolute atomic E-state index is 0.159. The minimum Gasteiger partial charge on any atom is -0.492 e. The maximum Gasteiger partial charge on any atom is 0.119 e. The zero-order valence-corrected chi connectivity index (χ0v) is 18.9. The first-order chi connectivity index (χ1) is 15.8. The number of likely N-dealkylation sites (tertiary alicyclic amines) is 1. The molecule has 2 heterocycles. The van der Waals surface area contributed by atoms with Gasteiger partial charge in [0.25, 0.3) is 0 Å². The predicted octanol–water partition coefficient (Wildman–Crippen LogP) is 4.87. The number of fused-ring (bicyclic) bond motifs is 1. The summed E-state index contributed by atoms with van der Waals surface area (Å²) in [6.45, 7) is 6.03. The Morgan fingerprint density at radius 3 is 2.38 bits per heavy atom. The quantitative estimate of drug-likeness (QED) is 0.580. The fourth-order valence-electron chi connectivity index (χ4n) is 5.12. The lowest BCUT2D eigenvalue weighted by Gasteiger charge is -2.33. The summed E-state index contributed by atoms with van der Waals surface area (Å²) in [7, 11) is 0. The molecule has 2 aliphatic heterocycles. The lowest BCUT2D eigenvalue weighted by molar-refractivity contribution is 0.145. The molecule has 168 valence electrons. The van der Waals surface area contributed by atoms with Crippen LogP contribution in [0.4, 0.5) is 5.69 Å². The molecule has 0 aromatic heterocycles. The Kier molecular flexibility index (Phi) is 6.61. The van der Waals surface area contributed by atoms with E-state index in [1.807, 2.05) is 0 Å². The van der Waals surface area contributed by atoms with E-state index in [0.29, 0.717) is 0 Å². The van der Waals surface area contributed by atoms with Crippen LogP contribution < -0.4 is 9.64 Å². The first kappa shape index (κ1) is 21.3. The molecule has 4 nitrogen and oxygen atoms in total. The van der Waals surface area contributed by atoms with Gasteiger partial charge in [0.15, 0.2) is 0 Å². The topological polar surface area (TPSA) is 35.9 Å². The Morgan fingerprint density at radius 2 is 1.59 bits per heavy atom. The number of ether oxygens (including phenoxy) is 1. The molecule has 3 aromatic carbocycles. The van der Waals surface area contributed by atoms with Crippen LogP contribution >= 0.6 is 0 Å². The van der Waals surface area contributed by atoms with Crippen molar-refractivity contribution in [2.24, 2.45) is 0 Å². The molecule has 2 aliphatic rings. The third-order valence-electron chi connectivity index (χ3n) is 7.00. The van der Waals surface area contributed by atoms with Crippen LogP contribution in [0.5, 0.6) is 5.75 Å². The Balaban J connectivity index is 1.32. The molecule has 0 amide bonds. The fourth-order valence-corrected chi connectivity index (χ4v) is 5.12. The lowest BCUT2D eigenvalue weighted by Crippen LogP contribution is -2.36. The van der Waals surface area contributed by atoms with Crippen molar-refractivity contribution in [3.8, 4) is 5.75 Å². The standard InChI is InChI=1S/C28H34N2O2/c31-24-13-17-30(18-14-24)28-12-9-23-5-1-2-6-26(23)27(28)21-22-7-10-25(11-8-22)32-20-19-29-15-3-4-16-29/h1-2,5-12,24,31H,3-4,13-21H2. The van der Waals surface area contributed by atoms with E-state index in [2.05, 4.69) is 70.5 Å². The summed E-state index contributed by atoms with van der Waals surface area (Å²) in [5.74, 6) is 0.955. The number of aliphatic hydroxyl groups is 1. The van der Waals surface area contributed by atoms with Crippen molar-refractivity contribution in [1.82, 2.24) is 4.90 Å². The first-order valence-electron chi connectivity index (χ1n) is 12.1. The van der Waals surface area contributed by atoms with Gasteiger partial charge in [-0.25, -0.2) is 0 Å². The number of nitrogens with zero attached hydrogens (tertiary/aromatic N) is 2. The number of aliphatic hydroxyl groups excluding tert-OH is 1. The van der Waals surface area contributed by atoms with Crippen LogP contribution in [0.2, 0.25) is 0 Å². The number of benzene rings is 3. The molecular formula is C28H34N2O2. The SMILES string of the molecule is OC1CCN(c2ccc3ccccc3c2Cc2ccc(OCCN3CCCC3)cc2)CC1. The van der Waals surface area contributed by atoms with Gasteiger partial charge in [-0.15, -0.1) is 0 Å². The van der Waals surface area contributed by atoms with Gasteiger partial charge in [-0.05, 0) is 78.9 Å². The highest BCUT2D eigenvalue weighted by atomic mass is 16.5. The van der Waals surface area contributed by atoms with Crippen molar-refractivity contribution in [1.29, 1.82) is 0 Å². The Labute approximate surface area is 191 Å². The number of anilines is 1. The molecule has 4 heteroatoms. The summed E-state index contributed by atoms with van der Waals surface area (Å²) in [6.07, 6.45) is 5.06. The number of rotatable bonds is 7. The normalized spacial score (nSPS) is 17.8. The van der Waals surface area contributed by atoms with E-state index in [-0.39, 0.29) is 6.10 Å². The van der Waals surface area contributed by atoms with Crippen molar-refractivity contribution < 1.29 is 9.84 Å². The van der Waals surface area contributed by atoms with Gasteiger partial charge < -0.3 is 14.7 Å². The third-order valence-corrected chi connectivity index (χ3v) is 7.00. The van der Waals surface area contributed by atoms with Gasteiger partial charge in [0, 0.05) is 31.7 Å². The summed E-state index contributed by atoms with van der Waals surface area (Å²) in [5.41, 5.74) is 3.98. The minimum atomic E-state index is -0.159. The van der Waals surface area contributed by atoms with E-state index in [1.54, 1.807) is 0 Å². The fraction of sp³-hybridized carbons (Fsp3) is 0.429. The molecule has 0 aliphatic carbocycles. The molecule has 2 fully saturated rings. The molecular weight excluding hydrogens is 396 g/mol. The summed E-state index contributed by atoms with van der Waals surface area (Å²) >= 11 is 0. The molecule has 0 radical (unpaired) electrons. The molecule has 0 spiro atoms. The monoisotopic (exact) mass is 430 g/mol. The zero-order chi connectivity index (χ0) is 21.8. The van der Waals surface area contributed by atoms with Crippen LogP contribution in [-0.4, -0.2) is 55.4 Å². The zero-order valence-electron chi connectivity index (χ0n) is 18.9. The molecule has 0 saturated carbocycles. The van der Waals surface area contributed by atoms with E-state index < -0.39 is 0 Å². The van der Waals surface area contributed by atoms with Gasteiger partial charge in [-0.1, -0.05) is 42.5 Å². The largest absolute Gasteiger partial charge is 0.492 e. The van der Waals surface area contributed by atoms with Gasteiger partial charge in [-0.2, -0.15) is 0 Å². The average Bonchev–Trinajstić information content (AvgIpc) is 3.35. The highest BCUT2D eigenvalue weighted by molar-refractivity contribution is 5.90. The molecule has 0 unspecified atom stereocenters. The molecule has 2 saturated heterocycles. The Hall–Kier alpha value is -2.56. The van der Waals surface area contributed by atoms with E-state index in [0.717, 1.165) is 51.3 Å². The summed E-state index contributed by atoms with van der Waals surface area (Å²) in [4.78, 5) is 4.93. The lowest BCUT2D eigenvalue weighted by atomic mass is 9.95. The maximum absolute atomic E-state index is 9.96. The number of hydrogen-bond donors (Lipinski definition) is 1. The number of piperidine rings is 1. The Morgan fingerprint density at radius 1 is 0.844 bits per heavy atom. The van der Waals surface area contributed by atoms with Crippen LogP contribution in [0.3, 0.4) is 0 Å². The first-order valence-corrected chi connectivity index (χ1v) is 12.1. The highest BCUT2D eigenvalue weighted by Crippen LogP contribution is 2.33. The van der Waals surface area contributed by atoms with Gasteiger partial charge in [0.2, 0.25) is 0 Å². The maximum atomic E-state index is 9.96. The van der Waals surface area contributed by atoms with Crippen LogP contribution in [0, 0.1) is 0 Å². The molecule has 5 rings (SSSR count). The van der Waals surface area contributed by atoms with Gasteiger partial charge in [0.05, 0.1) is 6.10 Å². The van der Waals surface area contributed by atoms with Crippen LogP contribution in [0.1, 0.15) is 36.8 Å². The van der Waals surface area contributed by atoms with Gasteiger partial charge in [-0.3, -0.25) is 4.90 Å². The smallest absolute Gasteiger partial charge is 0.119 e. The van der Waals surface area contributed by atoms with Gasteiger partial charge >= 0.3 is 0 Å². The second-order valence-electron chi connectivity index (χ2n) is 9.22. The number of hydrogen-bond acceptors (Lipinski definition) is 4. The van der Waals surface area contributed by atoms with Crippen molar-refractivity contribution >= 4 is 16.5 Å². The van der Waals surface area contributed by atoms with E-state index in [4.69, 9.17) is 4.74 Å². The van der Waals surface area contributed by atoms with E-state index in [9.17, 15) is 5.11 Å². The second-order valence-corrected chi connectivity index (χ2v) is 9.22. The molecule has 0 atom stereocenters. The van der Waals surface area contributed by atoms with Crippen LogP contribution in [0.15, 0.2) is 60.7 Å².